The van der Waals surface area contributed by atoms with Crippen molar-refractivity contribution in [2.75, 3.05) is 7.11 Å². The Kier molecular flexibility index (Phi) is 3.77. The van der Waals surface area contributed by atoms with Gasteiger partial charge in [-0.25, -0.2) is 4.79 Å². The molecule has 4 heteroatoms. The monoisotopic (exact) mass is 296 g/mol. The molecule has 0 saturated carbocycles. The average molecular weight is 298 g/mol. The lowest BCUT2D eigenvalue weighted by Crippen LogP contribution is -2.22. The number of esters is 1. The maximum Gasteiger partial charge on any atom is 0.333 e. The molecule has 0 radical (unpaired) electrons. The number of carbonyl (C=O) groups excluding carboxylic acids is 1. The molecule has 1 aliphatic rings. The van der Waals surface area contributed by atoms with Crippen LogP contribution in [0.25, 0.3) is 0 Å². The third-order valence-corrected chi connectivity index (χ3v) is 4.53. The minimum absolute atomic E-state index is 0.209. The van der Waals surface area contributed by atoms with E-state index in [4.69, 9.17) is 0 Å². The second kappa shape index (κ2) is 4.42. The highest BCUT2D eigenvalue weighted by Crippen LogP contribution is 2.29. The number of hydrogen-bond donors (Lipinski definition) is 0. The van der Waals surface area contributed by atoms with E-state index >= 15 is 0 Å². The number of halogens is 2. The summed E-state index contributed by atoms with van der Waals surface area (Å²) < 4.78 is 4.63. The zero-order valence-electron chi connectivity index (χ0n) is 6.72. The maximum atomic E-state index is 11.1. The highest BCUT2D eigenvalue weighted by molar-refractivity contribution is 9.12. The van der Waals surface area contributed by atoms with Gasteiger partial charge < -0.3 is 4.74 Å². The molecule has 0 aliphatic heterocycles. The van der Waals surface area contributed by atoms with Gasteiger partial charge in [0.05, 0.1) is 7.11 Å². The maximum absolute atomic E-state index is 11.1. The SMILES string of the molecule is COC(=O)C1=CCC(Br)C(Br)C1. The molecule has 1 aliphatic carbocycles. The summed E-state index contributed by atoms with van der Waals surface area (Å²) in [7, 11) is 1.41. The number of carbonyl (C=O) groups is 1. The van der Waals surface area contributed by atoms with Crippen LogP contribution in [-0.4, -0.2) is 22.7 Å². The third kappa shape index (κ3) is 2.33. The third-order valence-electron chi connectivity index (χ3n) is 1.84. The van der Waals surface area contributed by atoms with Crippen molar-refractivity contribution in [1.29, 1.82) is 0 Å². The Morgan fingerprint density at radius 1 is 1.58 bits per heavy atom. The van der Waals surface area contributed by atoms with E-state index in [1.165, 1.54) is 7.11 Å². The largest absolute Gasteiger partial charge is 0.466 e. The minimum Gasteiger partial charge on any atom is -0.466 e. The van der Waals surface area contributed by atoms with Crippen molar-refractivity contribution in [3.63, 3.8) is 0 Å². The van der Waals surface area contributed by atoms with Gasteiger partial charge >= 0.3 is 5.97 Å². The Bertz CT molecular complexity index is 213. The predicted molar refractivity (Wildman–Crippen MR) is 54.8 cm³/mol. The van der Waals surface area contributed by atoms with E-state index in [1.807, 2.05) is 6.08 Å². The van der Waals surface area contributed by atoms with Crippen LogP contribution in [0.4, 0.5) is 0 Å². The Hall–Kier alpha value is 0.170. The van der Waals surface area contributed by atoms with Crippen molar-refractivity contribution in [1.82, 2.24) is 0 Å². The molecule has 0 saturated heterocycles. The first kappa shape index (κ1) is 10.3. The van der Waals surface area contributed by atoms with E-state index in [0.717, 1.165) is 18.4 Å². The molecule has 0 aromatic rings. The Morgan fingerprint density at radius 3 is 2.75 bits per heavy atom. The summed E-state index contributed by atoms with van der Waals surface area (Å²) in [6.45, 7) is 0. The van der Waals surface area contributed by atoms with Gasteiger partial charge in [0.2, 0.25) is 0 Å². The zero-order valence-corrected chi connectivity index (χ0v) is 9.89. The van der Waals surface area contributed by atoms with Crippen LogP contribution in [0.1, 0.15) is 12.8 Å². The van der Waals surface area contributed by atoms with Crippen molar-refractivity contribution in [3.05, 3.63) is 11.6 Å². The number of methoxy groups -OCH3 is 1. The first-order chi connectivity index (χ1) is 5.65. The van der Waals surface area contributed by atoms with Crippen LogP contribution in [0.5, 0.6) is 0 Å². The number of alkyl halides is 2. The summed E-state index contributed by atoms with van der Waals surface area (Å²) in [4.78, 5) is 11.8. The molecular weight excluding hydrogens is 288 g/mol. The van der Waals surface area contributed by atoms with Gasteiger partial charge in [-0.1, -0.05) is 37.9 Å². The van der Waals surface area contributed by atoms with Crippen LogP contribution < -0.4 is 0 Å². The van der Waals surface area contributed by atoms with Crippen LogP contribution in [0.15, 0.2) is 11.6 Å². The lowest BCUT2D eigenvalue weighted by atomic mass is 10.00. The summed E-state index contributed by atoms with van der Waals surface area (Å²) in [5, 5.41) is 0. The van der Waals surface area contributed by atoms with Crippen LogP contribution in [0.2, 0.25) is 0 Å². The van der Waals surface area contributed by atoms with Crippen molar-refractivity contribution >= 4 is 37.8 Å². The quantitative estimate of drug-likeness (QED) is 0.549. The van der Waals surface area contributed by atoms with Gasteiger partial charge in [-0.2, -0.15) is 0 Å². The van der Waals surface area contributed by atoms with Crippen molar-refractivity contribution in [2.45, 2.75) is 22.5 Å². The molecule has 2 unspecified atom stereocenters. The summed E-state index contributed by atoms with van der Waals surface area (Å²) in [6.07, 6.45) is 3.55. The number of allylic oxidation sites excluding steroid dienone is 1. The first-order valence-electron chi connectivity index (χ1n) is 3.70. The Morgan fingerprint density at radius 2 is 2.25 bits per heavy atom. The molecule has 0 N–H and O–H groups in total. The van der Waals surface area contributed by atoms with E-state index in [9.17, 15) is 4.79 Å². The van der Waals surface area contributed by atoms with Crippen molar-refractivity contribution in [3.8, 4) is 0 Å². The van der Waals surface area contributed by atoms with Gasteiger partial charge in [0.1, 0.15) is 0 Å². The second-order valence-electron chi connectivity index (χ2n) is 2.69. The zero-order chi connectivity index (χ0) is 9.14. The molecule has 2 nitrogen and oxygen atoms in total. The minimum atomic E-state index is -0.209. The molecule has 2 atom stereocenters. The molecular formula is C8H10Br2O2. The van der Waals surface area contributed by atoms with Gasteiger partial charge in [0.15, 0.2) is 0 Å². The summed E-state index contributed by atoms with van der Waals surface area (Å²) in [6, 6.07) is 0. The van der Waals surface area contributed by atoms with Gasteiger partial charge in [-0.15, -0.1) is 0 Å². The van der Waals surface area contributed by atoms with Gasteiger partial charge in [0, 0.05) is 15.2 Å². The van der Waals surface area contributed by atoms with Crippen LogP contribution in [-0.2, 0) is 9.53 Å². The van der Waals surface area contributed by atoms with Crippen molar-refractivity contribution in [2.24, 2.45) is 0 Å². The van der Waals surface area contributed by atoms with E-state index in [2.05, 4.69) is 36.6 Å². The van der Waals surface area contributed by atoms with E-state index in [-0.39, 0.29) is 5.97 Å². The molecule has 12 heavy (non-hydrogen) atoms. The average Bonchev–Trinajstić information content (AvgIpc) is 2.08. The summed E-state index contributed by atoms with van der Waals surface area (Å²) in [5.41, 5.74) is 0.773. The predicted octanol–water partition coefficient (Wildman–Crippen LogP) is 2.41. The van der Waals surface area contributed by atoms with E-state index in [0.29, 0.717) is 9.65 Å². The van der Waals surface area contributed by atoms with Crippen LogP contribution >= 0.6 is 31.9 Å². The fraction of sp³-hybridized carbons (Fsp3) is 0.625. The standard InChI is InChI=1S/C8H10Br2O2/c1-12-8(11)5-2-3-6(9)7(10)4-5/h2,6-7H,3-4H2,1H3. The van der Waals surface area contributed by atoms with Crippen molar-refractivity contribution < 1.29 is 9.53 Å². The molecule has 0 heterocycles. The molecule has 68 valence electrons. The molecule has 1 rings (SSSR count). The number of hydrogen-bond acceptors (Lipinski definition) is 2. The fourth-order valence-electron chi connectivity index (χ4n) is 1.12. The highest BCUT2D eigenvalue weighted by atomic mass is 79.9. The molecule has 0 spiro atoms. The fourth-order valence-corrected chi connectivity index (χ4v) is 2.06. The number of ether oxygens (including phenoxy) is 1. The summed E-state index contributed by atoms with van der Waals surface area (Å²) >= 11 is 7.00. The highest BCUT2D eigenvalue weighted by Gasteiger charge is 2.24. The lowest BCUT2D eigenvalue weighted by Gasteiger charge is -2.21. The topological polar surface area (TPSA) is 26.3 Å². The van der Waals surface area contributed by atoms with Crippen LogP contribution in [0.3, 0.4) is 0 Å². The van der Waals surface area contributed by atoms with Gasteiger partial charge in [0.25, 0.3) is 0 Å². The van der Waals surface area contributed by atoms with Gasteiger partial charge in [-0.3, -0.25) is 0 Å². The number of rotatable bonds is 1. The molecule has 0 amide bonds. The van der Waals surface area contributed by atoms with Crippen LogP contribution in [0, 0.1) is 0 Å². The first-order valence-corrected chi connectivity index (χ1v) is 5.53. The Balaban J connectivity index is 2.64. The van der Waals surface area contributed by atoms with E-state index < -0.39 is 0 Å². The lowest BCUT2D eigenvalue weighted by molar-refractivity contribution is -0.136. The smallest absolute Gasteiger partial charge is 0.333 e. The molecule has 0 fully saturated rings. The summed E-state index contributed by atoms with van der Waals surface area (Å²) in [5.74, 6) is -0.209. The normalized spacial score (nSPS) is 29.4. The molecule has 0 aromatic heterocycles. The van der Waals surface area contributed by atoms with E-state index in [1.54, 1.807) is 0 Å². The molecule has 0 bridgehead atoms. The van der Waals surface area contributed by atoms with Gasteiger partial charge in [-0.05, 0) is 12.8 Å². The second-order valence-corrected chi connectivity index (χ2v) is 5.05. The molecule has 0 aromatic carbocycles. The Labute approximate surface area is 88.6 Å².